The van der Waals surface area contributed by atoms with E-state index in [1.54, 1.807) is 11.1 Å². The molecule has 0 fully saturated rings. The van der Waals surface area contributed by atoms with Crippen LogP contribution < -0.4 is 0 Å². The molecular weight excluding hydrogens is 319 g/mol. The molecule has 0 aliphatic carbocycles. The van der Waals surface area contributed by atoms with Gasteiger partial charge in [0.2, 0.25) is 0 Å². The maximum absolute atomic E-state index is 14.1. The Morgan fingerprint density at radius 2 is 1.88 bits per heavy atom. The lowest BCUT2D eigenvalue weighted by molar-refractivity contribution is 0.0695. The summed E-state index contributed by atoms with van der Waals surface area (Å²) in [7, 11) is 0. The van der Waals surface area contributed by atoms with Crippen molar-refractivity contribution in [3.63, 3.8) is 0 Å². The molecule has 3 heterocycles. The molecule has 0 N–H and O–H groups in total. The van der Waals surface area contributed by atoms with Gasteiger partial charge in [-0.2, -0.15) is 0 Å². The molecule has 25 heavy (non-hydrogen) atoms. The minimum Gasteiger partial charge on any atom is -0.333 e. The molecule has 2 aromatic heterocycles. The number of aromatic nitrogens is 3. The minimum absolute atomic E-state index is 0.150. The third-order valence-electron chi connectivity index (χ3n) is 4.44. The van der Waals surface area contributed by atoms with Gasteiger partial charge in [-0.15, -0.1) is 0 Å². The maximum Gasteiger partial charge on any atom is 0.276 e. The number of nitrogens with zero attached hydrogens (tertiary/aromatic N) is 4. The van der Waals surface area contributed by atoms with Gasteiger partial charge < -0.3 is 9.47 Å². The van der Waals surface area contributed by atoms with Crippen LogP contribution in [-0.4, -0.2) is 31.9 Å². The van der Waals surface area contributed by atoms with Gasteiger partial charge in [-0.25, -0.2) is 14.4 Å². The van der Waals surface area contributed by atoms with Gasteiger partial charge in [0.05, 0.1) is 0 Å². The van der Waals surface area contributed by atoms with E-state index < -0.39 is 11.7 Å². The van der Waals surface area contributed by atoms with Crippen LogP contribution in [0.15, 0.2) is 61.1 Å². The van der Waals surface area contributed by atoms with E-state index in [9.17, 15) is 9.18 Å². The molecule has 126 valence electrons. The first-order valence-corrected chi connectivity index (χ1v) is 8.23. The molecule has 1 aliphatic heterocycles. The zero-order chi connectivity index (χ0) is 17.2. The number of pyridine rings is 1. The van der Waals surface area contributed by atoms with E-state index in [0.717, 1.165) is 24.4 Å². The van der Waals surface area contributed by atoms with Crippen LogP contribution in [-0.2, 0) is 6.54 Å². The molecule has 0 bridgehead atoms. The zero-order valence-corrected chi connectivity index (χ0v) is 13.5. The first-order chi connectivity index (χ1) is 12.3. The van der Waals surface area contributed by atoms with Crippen LogP contribution in [0.25, 0.3) is 0 Å². The van der Waals surface area contributed by atoms with E-state index in [1.165, 1.54) is 18.3 Å². The van der Waals surface area contributed by atoms with Crippen LogP contribution in [0, 0.1) is 5.82 Å². The smallest absolute Gasteiger partial charge is 0.276 e. The maximum atomic E-state index is 14.1. The van der Waals surface area contributed by atoms with E-state index in [-0.39, 0.29) is 11.7 Å². The summed E-state index contributed by atoms with van der Waals surface area (Å²) in [6, 6.07) is 12.1. The molecule has 3 aromatic rings. The lowest BCUT2D eigenvalue weighted by Gasteiger charge is -2.29. The predicted octanol–water partition coefficient (Wildman–Crippen LogP) is 3.05. The molecule has 1 aromatic carbocycles. The Bertz CT molecular complexity index is 893. The first kappa shape index (κ1) is 15.5. The van der Waals surface area contributed by atoms with Crippen LogP contribution in [0.5, 0.6) is 0 Å². The molecule has 0 radical (unpaired) electrons. The second-order valence-electron chi connectivity index (χ2n) is 5.98. The number of amides is 1. The largest absolute Gasteiger partial charge is 0.333 e. The average Bonchev–Trinajstić information content (AvgIpc) is 3.02. The molecule has 0 saturated carbocycles. The standard InChI is InChI=1S/C19H17FN4O/c20-15-8-4-9-21-16(15)19(25)24-12-5-11-23-13-10-22-18(23)17(24)14-6-2-1-3-7-14/h1-4,6-10,13,17H,5,11-12H2. The molecule has 1 aliphatic rings. The number of halogens is 1. The summed E-state index contributed by atoms with van der Waals surface area (Å²) in [5.41, 5.74) is 0.796. The van der Waals surface area contributed by atoms with Crippen molar-refractivity contribution in [3.8, 4) is 0 Å². The van der Waals surface area contributed by atoms with Crippen molar-refractivity contribution in [2.45, 2.75) is 19.0 Å². The topological polar surface area (TPSA) is 51.0 Å². The summed E-state index contributed by atoms with van der Waals surface area (Å²) in [6.45, 7) is 1.28. The fourth-order valence-electron chi connectivity index (χ4n) is 3.30. The third kappa shape index (κ3) is 2.80. The quantitative estimate of drug-likeness (QED) is 0.723. The number of carbonyl (C=O) groups is 1. The highest BCUT2D eigenvalue weighted by molar-refractivity contribution is 5.93. The fraction of sp³-hybridized carbons (Fsp3) is 0.211. The van der Waals surface area contributed by atoms with Gasteiger partial charge in [0.1, 0.15) is 11.9 Å². The molecule has 1 unspecified atom stereocenters. The highest BCUT2D eigenvalue weighted by atomic mass is 19.1. The van der Waals surface area contributed by atoms with Gasteiger partial charge in [0.15, 0.2) is 11.5 Å². The monoisotopic (exact) mass is 336 g/mol. The summed E-state index contributed by atoms with van der Waals surface area (Å²) in [5, 5.41) is 0. The number of fused-ring (bicyclic) bond motifs is 1. The summed E-state index contributed by atoms with van der Waals surface area (Å²) in [5.74, 6) is -0.233. The highest BCUT2D eigenvalue weighted by Gasteiger charge is 2.33. The van der Waals surface area contributed by atoms with Crippen molar-refractivity contribution in [1.82, 2.24) is 19.4 Å². The van der Waals surface area contributed by atoms with E-state index in [2.05, 4.69) is 14.5 Å². The summed E-state index contributed by atoms with van der Waals surface area (Å²) < 4.78 is 16.2. The number of hydrogen-bond donors (Lipinski definition) is 0. The number of hydrogen-bond acceptors (Lipinski definition) is 3. The minimum atomic E-state index is -0.605. The fourth-order valence-corrected chi connectivity index (χ4v) is 3.30. The van der Waals surface area contributed by atoms with Crippen molar-refractivity contribution in [2.24, 2.45) is 0 Å². The average molecular weight is 336 g/mol. The Hall–Kier alpha value is -3.02. The van der Waals surface area contributed by atoms with Crippen molar-refractivity contribution in [1.29, 1.82) is 0 Å². The second kappa shape index (κ2) is 6.47. The Labute approximate surface area is 144 Å². The molecule has 5 nitrogen and oxygen atoms in total. The Balaban J connectivity index is 1.82. The molecule has 4 rings (SSSR count). The van der Waals surface area contributed by atoms with Gasteiger partial charge in [-0.05, 0) is 24.1 Å². The Kier molecular flexibility index (Phi) is 4.01. The molecule has 0 spiro atoms. The van der Waals surface area contributed by atoms with Gasteiger partial charge in [0, 0.05) is 31.7 Å². The molecule has 1 atom stereocenters. The highest BCUT2D eigenvalue weighted by Crippen LogP contribution is 2.31. The van der Waals surface area contributed by atoms with Crippen molar-refractivity contribution in [2.75, 3.05) is 6.54 Å². The van der Waals surface area contributed by atoms with E-state index in [0.29, 0.717) is 6.54 Å². The number of rotatable bonds is 2. The first-order valence-electron chi connectivity index (χ1n) is 8.23. The van der Waals surface area contributed by atoms with Crippen LogP contribution >= 0.6 is 0 Å². The second-order valence-corrected chi connectivity index (χ2v) is 5.98. The Morgan fingerprint density at radius 1 is 1.04 bits per heavy atom. The third-order valence-corrected chi connectivity index (χ3v) is 4.44. The van der Waals surface area contributed by atoms with Gasteiger partial charge >= 0.3 is 0 Å². The lowest BCUT2D eigenvalue weighted by atomic mass is 10.0. The van der Waals surface area contributed by atoms with Gasteiger partial charge in [0.25, 0.3) is 5.91 Å². The van der Waals surface area contributed by atoms with Crippen molar-refractivity contribution >= 4 is 5.91 Å². The van der Waals surface area contributed by atoms with Crippen molar-refractivity contribution < 1.29 is 9.18 Å². The van der Waals surface area contributed by atoms with E-state index in [4.69, 9.17) is 0 Å². The molecule has 6 heteroatoms. The number of aryl methyl sites for hydroxylation is 1. The van der Waals surface area contributed by atoms with Crippen LogP contribution in [0.2, 0.25) is 0 Å². The normalized spacial score (nSPS) is 17.0. The summed E-state index contributed by atoms with van der Waals surface area (Å²) in [4.78, 5) is 23.2. The van der Waals surface area contributed by atoms with Gasteiger partial charge in [-0.3, -0.25) is 4.79 Å². The molecule has 1 amide bonds. The summed E-state index contributed by atoms with van der Waals surface area (Å²) in [6.07, 6.45) is 5.86. The predicted molar refractivity (Wildman–Crippen MR) is 90.4 cm³/mol. The number of carbonyl (C=O) groups excluding carboxylic acids is 1. The lowest BCUT2D eigenvalue weighted by Crippen LogP contribution is -2.37. The zero-order valence-electron chi connectivity index (χ0n) is 13.5. The van der Waals surface area contributed by atoms with Crippen LogP contribution in [0.1, 0.15) is 34.3 Å². The number of imidazole rings is 1. The number of benzene rings is 1. The molecular formula is C19H17FN4O. The Morgan fingerprint density at radius 3 is 2.68 bits per heavy atom. The van der Waals surface area contributed by atoms with Crippen LogP contribution in [0.3, 0.4) is 0 Å². The van der Waals surface area contributed by atoms with Crippen LogP contribution in [0.4, 0.5) is 4.39 Å². The van der Waals surface area contributed by atoms with Gasteiger partial charge in [-0.1, -0.05) is 30.3 Å². The molecule has 0 saturated heterocycles. The van der Waals surface area contributed by atoms with Crippen molar-refractivity contribution in [3.05, 3.63) is 84.0 Å². The summed E-state index contributed by atoms with van der Waals surface area (Å²) >= 11 is 0. The van der Waals surface area contributed by atoms with E-state index in [1.807, 2.05) is 36.5 Å². The van der Waals surface area contributed by atoms with E-state index >= 15 is 0 Å². The SMILES string of the molecule is O=C(c1ncccc1F)N1CCCn2ccnc2C1c1ccccc1.